The zero-order valence-corrected chi connectivity index (χ0v) is 13.3. The van der Waals surface area contributed by atoms with Gasteiger partial charge in [-0.05, 0) is 56.4 Å². The number of hydrogen-bond acceptors (Lipinski definition) is 4. The summed E-state index contributed by atoms with van der Waals surface area (Å²) in [6.45, 7) is 6.74. The predicted octanol–water partition coefficient (Wildman–Crippen LogP) is 3.41. The Kier molecular flexibility index (Phi) is 4.72. The van der Waals surface area contributed by atoms with Crippen molar-refractivity contribution in [3.05, 3.63) is 21.5 Å². The van der Waals surface area contributed by atoms with E-state index in [1.165, 1.54) is 12.3 Å². The van der Waals surface area contributed by atoms with E-state index < -0.39 is 17.8 Å². The molecule has 0 aliphatic heterocycles. The number of aromatic nitrogens is 1. The van der Waals surface area contributed by atoms with Crippen molar-refractivity contribution in [3.63, 3.8) is 0 Å². The van der Waals surface area contributed by atoms with Crippen LogP contribution in [0.25, 0.3) is 0 Å². The number of ether oxygens (including phenoxy) is 1. The minimum atomic E-state index is -1.39. The van der Waals surface area contributed by atoms with Crippen LogP contribution in [0.2, 0.25) is 0 Å². The van der Waals surface area contributed by atoms with Gasteiger partial charge >= 0.3 is 12.2 Å². The number of aryl methyl sites for hydroxylation is 1. The van der Waals surface area contributed by atoms with Crippen LogP contribution in [-0.4, -0.2) is 27.9 Å². The second-order valence-corrected chi connectivity index (χ2v) is 6.04. The Balaban J connectivity index is 3.18. The normalized spacial score (nSPS) is 11.0. The summed E-state index contributed by atoms with van der Waals surface area (Å²) < 4.78 is 5.65. The summed E-state index contributed by atoms with van der Waals surface area (Å²) in [6.07, 6.45) is -0.813. The molecule has 0 aliphatic rings. The molecule has 0 saturated heterocycles. The van der Waals surface area contributed by atoms with Crippen LogP contribution < -0.4 is 4.90 Å². The van der Waals surface area contributed by atoms with E-state index in [4.69, 9.17) is 4.74 Å². The summed E-state index contributed by atoms with van der Waals surface area (Å²) in [5.41, 5.74) is 0.0956. The van der Waals surface area contributed by atoms with E-state index in [0.717, 1.165) is 0 Å². The lowest BCUT2D eigenvalue weighted by atomic mass is 10.2. The van der Waals surface area contributed by atoms with Crippen molar-refractivity contribution in [1.82, 2.24) is 4.98 Å². The van der Waals surface area contributed by atoms with E-state index >= 15 is 0 Å². The van der Waals surface area contributed by atoms with Gasteiger partial charge in [0.25, 0.3) is 0 Å². The summed E-state index contributed by atoms with van der Waals surface area (Å²) in [4.78, 5) is 27.9. The number of hydrogen-bond donors (Lipinski definition) is 1. The van der Waals surface area contributed by atoms with Gasteiger partial charge in [-0.25, -0.2) is 9.59 Å². The highest BCUT2D eigenvalue weighted by atomic mass is 127. The van der Waals surface area contributed by atoms with Crippen molar-refractivity contribution >= 4 is 40.5 Å². The van der Waals surface area contributed by atoms with Crippen molar-refractivity contribution in [2.75, 3.05) is 4.90 Å². The van der Waals surface area contributed by atoms with Crippen molar-refractivity contribution in [2.45, 2.75) is 33.3 Å². The number of carbonyl (C=O) groups is 2. The highest BCUT2D eigenvalue weighted by molar-refractivity contribution is 14.1. The number of amides is 2. The fourth-order valence-corrected chi connectivity index (χ4v) is 1.82. The summed E-state index contributed by atoms with van der Waals surface area (Å²) in [6, 6.07) is 1.53. The minimum absolute atomic E-state index is 0.245. The Morgan fingerprint density at radius 3 is 2.47 bits per heavy atom. The molecular formula is C12H15IN2O4. The topological polar surface area (TPSA) is 79.7 Å². The molecule has 2 amide bonds. The first-order valence-electron chi connectivity index (χ1n) is 5.50. The van der Waals surface area contributed by atoms with Crippen LogP contribution in [0.3, 0.4) is 0 Å². The fourth-order valence-electron chi connectivity index (χ4n) is 1.29. The number of imide groups is 1. The van der Waals surface area contributed by atoms with Crippen LogP contribution in [0.1, 0.15) is 26.5 Å². The summed E-state index contributed by atoms with van der Waals surface area (Å²) >= 11 is 1.92. The van der Waals surface area contributed by atoms with Gasteiger partial charge in [-0.15, -0.1) is 0 Å². The SMILES string of the molecule is Cc1cc(N(C(=O)O)C(=O)OC(C)(C)C)c(I)cn1. The molecule has 1 N–H and O–H groups in total. The van der Waals surface area contributed by atoms with Crippen LogP contribution in [0.15, 0.2) is 12.3 Å². The van der Waals surface area contributed by atoms with Gasteiger partial charge in [0.05, 0.1) is 9.26 Å². The number of nitrogens with zero attached hydrogens (tertiary/aromatic N) is 2. The Morgan fingerprint density at radius 1 is 1.42 bits per heavy atom. The average Bonchev–Trinajstić information content (AvgIpc) is 2.20. The van der Waals surface area contributed by atoms with E-state index in [0.29, 0.717) is 14.2 Å². The first-order chi connectivity index (χ1) is 8.61. The maximum absolute atomic E-state index is 12.0. The van der Waals surface area contributed by atoms with Crippen molar-refractivity contribution in [3.8, 4) is 0 Å². The Morgan fingerprint density at radius 2 is 2.00 bits per heavy atom. The molecule has 19 heavy (non-hydrogen) atoms. The molecule has 1 rings (SSSR count). The summed E-state index contributed by atoms with van der Waals surface area (Å²) in [5, 5.41) is 9.21. The zero-order valence-electron chi connectivity index (χ0n) is 11.1. The molecule has 0 fully saturated rings. The lowest BCUT2D eigenvalue weighted by molar-refractivity contribution is 0.0582. The van der Waals surface area contributed by atoms with Crippen molar-refractivity contribution in [1.29, 1.82) is 0 Å². The molecule has 0 radical (unpaired) electrons. The largest absolute Gasteiger partial charge is 0.464 e. The molecule has 0 atom stereocenters. The van der Waals surface area contributed by atoms with Crippen LogP contribution in [-0.2, 0) is 4.74 Å². The van der Waals surface area contributed by atoms with Gasteiger partial charge in [0, 0.05) is 11.9 Å². The molecule has 1 aromatic heterocycles. The lowest BCUT2D eigenvalue weighted by Gasteiger charge is -2.25. The zero-order chi connectivity index (χ0) is 14.8. The molecule has 0 unspecified atom stereocenters. The molecule has 6 nitrogen and oxygen atoms in total. The molecule has 0 bridgehead atoms. The number of rotatable bonds is 1. The quantitative estimate of drug-likeness (QED) is 0.758. The first-order valence-corrected chi connectivity index (χ1v) is 6.58. The minimum Gasteiger partial charge on any atom is -0.464 e. The van der Waals surface area contributed by atoms with Gasteiger partial charge in [0.15, 0.2) is 0 Å². The van der Waals surface area contributed by atoms with Crippen LogP contribution in [0.4, 0.5) is 15.3 Å². The number of carboxylic acid groups (broad SMARTS) is 1. The van der Waals surface area contributed by atoms with Gasteiger partial charge in [0.2, 0.25) is 0 Å². The fraction of sp³-hybridized carbons (Fsp3) is 0.417. The highest BCUT2D eigenvalue weighted by Crippen LogP contribution is 2.24. The molecule has 0 spiro atoms. The van der Waals surface area contributed by atoms with Crippen LogP contribution in [0.5, 0.6) is 0 Å². The summed E-state index contributed by atoms with van der Waals surface area (Å²) in [5.74, 6) is 0. The number of pyridine rings is 1. The van der Waals surface area contributed by atoms with Crippen LogP contribution in [0, 0.1) is 10.5 Å². The Hall–Kier alpha value is -1.38. The second-order valence-electron chi connectivity index (χ2n) is 4.88. The molecule has 1 aromatic rings. The maximum Gasteiger partial charge on any atom is 0.424 e. The van der Waals surface area contributed by atoms with Crippen molar-refractivity contribution in [2.24, 2.45) is 0 Å². The predicted molar refractivity (Wildman–Crippen MR) is 78.4 cm³/mol. The standard InChI is InChI=1S/C12H15IN2O4/c1-7-5-9(8(13)6-14-7)15(10(16)17)11(18)19-12(2,3)4/h5-6H,1-4H3,(H,16,17). The molecule has 0 aromatic carbocycles. The summed E-state index contributed by atoms with van der Waals surface area (Å²) in [7, 11) is 0. The van der Waals surface area contributed by atoms with E-state index in [1.807, 2.05) is 22.6 Å². The molecule has 1 heterocycles. The molecular weight excluding hydrogens is 363 g/mol. The Labute approximate surface area is 124 Å². The van der Waals surface area contributed by atoms with E-state index in [2.05, 4.69) is 4.98 Å². The smallest absolute Gasteiger partial charge is 0.424 e. The first kappa shape index (κ1) is 15.7. The number of anilines is 1. The molecule has 0 saturated carbocycles. The van der Waals surface area contributed by atoms with Gasteiger partial charge in [0.1, 0.15) is 5.60 Å². The van der Waals surface area contributed by atoms with Gasteiger partial charge in [-0.3, -0.25) is 4.98 Å². The van der Waals surface area contributed by atoms with Gasteiger partial charge in [-0.1, -0.05) is 0 Å². The second kappa shape index (κ2) is 5.72. The van der Waals surface area contributed by atoms with Crippen LogP contribution >= 0.6 is 22.6 Å². The van der Waals surface area contributed by atoms with Crippen molar-refractivity contribution < 1.29 is 19.4 Å². The highest BCUT2D eigenvalue weighted by Gasteiger charge is 2.30. The van der Waals surface area contributed by atoms with E-state index in [1.54, 1.807) is 27.7 Å². The van der Waals surface area contributed by atoms with E-state index in [-0.39, 0.29) is 5.69 Å². The molecule has 7 heteroatoms. The van der Waals surface area contributed by atoms with Gasteiger partial charge in [-0.2, -0.15) is 4.90 Å². The van der Waals surface area contributed by atoms with E-state index in [9.17, 15) is 14.7 Å². The lowest BCUT2D eigenvalue weighted by Crippen LogP contribution is -2.40. The average molecular weight is 378 g/mol. The Bertz CT molecular complexity index is 511. The third kappa shape index (κ3) is 4.34. The monoisotopic (exact) mass is 378 g/mol. The number of carbonyl (C=O) groups excluding carboxylic acids is 1. The maximum atomic E-state index is 12.0. The van der Waals surface area contributed by atoms with Gasteiger partial charge < -0.3 is 9.84 Å². The third-order valence-electron chi connectivity index (χ3n) is 1.98. The number of halogens is 1. The third-order valence-corrected chi connectivity index (χ3v) is 2.81. The molecule has 104 valence electrons. The molecule has 0 aliphatic carbocycles.